The third-order valence-electron chi connectivity index (χ3n) is 2.65. The molecular formula is C13H13BrN2O3S. The van der Waals surface area contributed by atoms with E-state index in [1.54, 1.807) is 24.4 Å². The second-order valence-electron chi connectivity index (χ2n) is 4.10. The van der Waals surface area contributed by atoms with E-state index in [1.807, 2.05) is 6.92 Å². The number of benzene rings is 1. The van der Waals surface area contributed by atoms with Crippen molar-refractivity contribution in [2.75, 3.05) is 11.8 Å². The number of hydrogen-bond donors (Lipinski definition) is 1. The first-order valence-electron chi connectivity index (χ1n) is 5.71. The van der Waals surface area contributed by atoms with Crippen molar-refractivity contribution in [3.8, 4) is 5.75 Å². The van der Waals surface area contributed by atoms with E-state index in [4.69, 9.17) is 4.74 Å². The lowest BCUT2D eigenvalue weighted by Gasteiger charge is -2.13. The molecule has 0 aliphatic carbocycles. The molecule has 0 aliphatic heterocycles. The van der Waals surface area contributed by atoms with Crippen LogP contribution in [0.4, 0.5) is 5.69 Å². The van der Waals surface area contributed by atoms with Gasteiger partial charge in [-0.3, -0.25) is 9.71 Å². The third-order valence-corrected chi connectivity index (χ3v) is 4.90. The third kappa shape index (κ3) is 3.10. The Morgan fingerprint density at radius 2 is 2.10 bits per heavy atom. The number of hydrogen-bond acceptors (Lipinski definition) is 4. The number of sulfonamides is 1. The van der Waals surface area contributed by atoms with E-state index in [1.165, 1.54) is 19.4 Å². The van der Waals surface area contributed by atoms with Crippen LogP contribution in [0.3, 0.4) is 0 Å². The zero-order valence-corrected chi connectivity index (χ0v) is 13.3. The van der Waals surface area contributed by atoms with Gasteiger partial charge in [0, 0.05) is 10.7 Å². The van der Waals surface area contributed by atoms with Gasteiger partial charge in [-0.1, -0.05) is 15.9 Å². The number of nitrogens with one attached hydrogen (secondary N) is 1. The molecule has 2 aromatic rings. The van der Waals surface area contributed by atoms with Gasteiger partial charge in [0.2, 0.25) is 0 Å². The highest BCUT2D eigenvalue weighted by Crippen LogP contribution is 2.31. The van der Waals surface area contributed by atoms with Gasteiger partial charge in [0.1, 0.15) is 10.6 Å². The number of anilines is 1. The minimum Gasteiger partial charge on any atom is -0.495 e. The van der Waals surface area contributed by atoms with Crippen LogP contribution in [0.25, 0.3) is 0 Å². The molecule has 0 saturated heterocycles. The smallest absolute Gasteiger partial charge is 0.265 e. The second-order valence-corrected chi connectivity index (χ2v) is 6.60. The first-order valence-corrected chi connectivity index (χ1v) is 7.98. The lowest BCUT2D eigenvalue weighted by molar-refractivity contribution is 0.402. The van der Waals surface area contributed by atoms with Crippen molar-refractivity contribution in [3.05, 3.63) is 46.7 Å². The first kappa shape index (κ1) is 14.8. The molecule has 0 fully saturated rings. The quantitative estimate of drug-likeness (QED) is 0.914. The van der Waals surface area contributed by atoms with Crippen LogP contribution in [0.15, 0.2) is 46.0 Å². The largest absolute Gasteiger partial charge is 0.495 e. The van der Waals surface area contributed by atoms with E-state index in [2.05, 4.69) is 25.6 Å². The molecule has 7 heteroatoms. The molecule has 0 unspecified atom stereocenters. The van der Waals surface area contributed by atoms with Crippen LogP contribution < -0.4 is 9.46 Å². The van der Waals surface area contributed by atoms with E-state index >= 15 is 0 Å². The number of aryl methyl sites for hydroxylation is 1. The summed E-state index contributed by atoms with van der Waals surface area (Å²) in [6.07, 6.45) is 3.01. The van der Waals surface area contributed by atoms with Crippen molar-refractivity contribution in [2.45, 2.75) is 11.8 Å². The van der Waals surface area contributed by atoms with Crippen molar-refractivity contribution in [1.29, 1.82) is 0 Å². The fraction of sp³-hybridized carbons (Fsp3) is 0.154. The van der Waals surface area contributed by atoms with Crippen molar-refractivity contribution < 1.29 is 13.2 Å². The van der Waals surface area contributed by atoms with Crippen LogP contribution in [0.1, 0.15) is 5.56 Å². The summed E-state index contributed by atoms with van der Waals surface area (Å²) in [5, 5.41) is 0. The number of halogens is 1. The summed E-state index contributed by atoms with van der Waals surface area (Å²) in [5.41, 5.74) is 1.29. The van der Waals surface area contributed by atoms with Crippen molar-refractivity contribution in [1.82, 2.24) is 4.98 Å². The topological polar surface area (TPSA) is 68.3 Å². The maximum absolute atomic E-state index is 12.4. The second kappa shape index (κ2) is 5.80. The van der Waals surface area contributed by atoms with Gasteiger partial charge in [0.05, 0.1) is 19.0 Å². The van der Waals surface area contributed by atoms with Gasteiger partial charge in [0.25, 0.3) is 10.0 Å². The summed E-state index contributed by atoms with van der Waals surface area (Å²) in [5.74, 6) is 0.294. The Morgan fingerprint density at radius 1 is 1.35 bits per heavy atom. The standard InChI is InChI=1S/C13H13BrN2O3S/c1-9-6-12(19-2)13(7-11(9)14)20(17,18)16-10-4-3-5-15-8-10/h3-8,16H,1-2H3. The first-order chi connectivity index (χ1) is 9.44. The summed E-state index contributed by atoms with van der Waals surface area (Å²) in [6.45, 7) is 1.86. The molecule has 5 nitrogen and oxygen atoms in total. The lowest BCUT2D eigenvalue weighted by Crippen LogP contribution is -2.14. The predicted molar refractivity (Wildman–Crippen MR) is 80.5 cm³/mol. The molecule has 1 aromatic carbocycles. The Hall–Kier alpha value is -1.60. The number of pyridine rings is 1. The van der Waals surface area contributed by atoms with Crippen molar-refractivity contribution in [2.24, 2.45) is 0 Å². The minimum absolute atomic E-state index is 0.0707. The molecule has 1 heterocycles. The number of ether oxygens (including phenoxy) is 1. The van der Waals surface area contributed by atoms with Crippen LogP contribution in [0, 0.1) is 6.92 Å². The Labute approximate surface area is 126 Å². The van der Waals surface area contributed by atoms with Crippen molar-refractivity contribution >= 4 is 31.6 Å². The Bertz CT molecular complexity index is 718. The van der Waals surface area contributed by atoms with Gasteiger partial charge >= 0.3 is 0 Å². The fourth-order valence-corrected chi connectivity index (χ4v) is 3.36. The van der Waals surface area contributed by atoms with Gasteiger partial charge in [-0.05, 0) is 36.8 Å². The molecule has 20 heavy (non-hydrogen) atoms. The minimum atomic E-state index is -3.74. The van der Waals surface area contributed by atoms with E-state index in [0.717, 1.165) is 5.56 Å². The zero-order valence-electron chi connectivity index (χ0n) is 10.9. The summed E-state index contributed by atoms with van der Waals surface area (Å²) >= 11 is 3.33. The van der Waals surface area contributed by atoms with Gasteiger partial charge in [-0.15, -0.1) is 0 Å². The number of nitrogens with zero attached hydrogens (tertiary/aromatic N) is 1. The van der Waals surface area contributed by atoms with Gasteiger partial charge in [-0.25, -0.2) is 8.42 Å². The Morgan fingerprint density at radius 3 is 2.70 bits per heavy atom. The fourth-order valence-electron chi connectivity index (χ4n) is 1.64. The summed E-state index contributed by atoms with van der Waals surface area (Å²) in [6, 6.07) is 6.47. The average molecular weight is 357 g/mol. The van der Waals surface area contributed by atoms with Crippen LogP contribution >= 0.6 is 15.9 Å². The number of methoxy groups -OCH3 is 1. The maximum atomic E-state index is 12.4. The zero-order chi connectivity index (χ0) is 14.8. The molecule has 0 amide bonds. The normalized spacial score (nSPS) is 11.2. The molecule has 1 aromatic heterocycles. The van der Waals surface area contributed by atoms with E-state index < -0.39 is 10.0 Å². The molecule has 0 saturated carbocycles. The van der Waals surface area contributed by atoms with Gasteiger partial charge < -0.3 is 4.74 Å². The molecule has 106 valence electrons. The SMILES string of the molecule is COc1cc(C)c(Br)cc1S(=O)(=O)Nc1cccnc1. The maximum Gasteiger partial charge on any atom is 0.265 e. The predicted octanol–water partition coefficient (Wildman–Crippen LogP) is 2.96. The molecule has 0 bridgehead atoms. The van der Waals surface area contributed by atoms with E-state index in [9.17, 15) is 8.42 Å². The highest BCUT2D eigenvalue weighted by atomic mass is 79.9. The van der Waals surface area contributed by atoms with Crippen LogP contribution in [-0.4, -0.2) is 20.5 Å². The van der Waals surface area contributed by atoms with E-state index in [-0.39, 0.29) is 4.90 Å². The number of rotatable bonds is 4. The molecule has 0 aliphatic rings. The average Bonchev–Trinajstić information content (AvgIpc) is 2.42. The van der Waals surface area contributed by atoms with Gasteiger partial charge in [0.15, 0.2) is 0 Å². The van der Waals surface area contributed by atoms with Gasteiger partial charge in [-0.2, -0.15) is 0 Å². The monoisotopic (exact) mass is 356 g/mol. The molecule has 0 spiro atoms. The van der Waals surface area contributed by atoms with Crippen LogP contribution in [0.2, 0.25) is 0 Å². The summed E-state index contributed by atoms with van der Waals surface area (Å²) < 4.78 is 33.1. The summed E-state index contributed by atoms with van der Waals surface area (Å²) in [7, 11) is -2.30. The number of aromatic nitrogens is 1. The van der Waals surface area contributed by atoms with E-state index in [0.29, 0.717) is 15.9 Å². The molecular weight excluding hydrogens is 344 g/mol. The lowest BCUT2D eigenvalue weighted by atomic mass is 10.2. The van der Waals surface area contributed by atoms with Crippen molar-refractivity contribution in [3.63, 3.8) is 0 Å². The Kier molecular flexibility index (Phi) is 4.29. The molecule has 1 N–H and O–H groups in total. The Balaban J connectivity index is 2.47. The molecule has 0 radical (unpaired) electrons. The highest BCUT2D eigenvalue weighted by Gasteiger charge is 2.21. The molecule has 0 atom stereocenters. The summed E-state index contributed by atoms with van der Waals surface area (Å²) in [4.78, 5) is 3.94. The van der Waals surface area contributed by atoms with Crippen LogP contribution in [-0.2, 0) is 10.0 Å². The molecule has 2 rings (SSSR count). The highest BCUT2D eigenvalue weighted by molar-refractivity contribution is 9.10. The van der Waals surface area contributed by atoms with Crippen LogP contribution in [0.5, 0.6) is 5.75 Å².